The number of benzene rings is 2. The molecule has 0 atom stereocenters. The molecule has 0 unspecified atom stereocenters. The number of halogens is 2. The van der Waals surface area contributed by atoms with Crippen LogP contribution in [0.4, 0.5) is 5.69 Å². The fraction of sp³-hybridized carbons (Fsp3) is 0.0476. The topological polar surface area (TPSA) is 111 Å². The summed E-state index contributed by atoms with van der Waals surface area (Å²) in [7, 11) is 0. The van der Waals surface area contributed by atoms with Gasteiger partial charge >= 0.3 is 5.91 Å². The van der Waals surface area contributed by atoms with Crippen molar-refractivity contribution in [3.8, 4) is 11.3 Å². The Morgan fingerprint density at radius 3 is 2.68 bits per heavy atom. The molecular formula is C21H13Br2N3O5. The SMILES string of the molecule is Cc1cc([N+](=O)[O-])ccc1-c1ccc(/C=N/NC(=O)c2cc3cc(Br)cc(Br)c3o2)o1. The third kappa shape index (κ3) is 4.44. The lowest BCUT2D eigenvalue weighted by atomic mass is 10.1. The van der Waals surface area contributed by atoms with Crippen LogP contribution in [0, 0.1) is 17.0 Å². The molecule has 156 valence electrons. The zero-order valence-corrected chi connectivity index (χ0v) is 19.1. The second-order valence-electron chi connectivity index (χ2n) is 6.57. The number of carbonyl (C=O) groups excluding carboxylic acids is 1. The van der Waals surface area contributed by atoms with Crippen molar-refractivity contribution in [2.75, 3.05) is 0 Å². The van der Waals surface area contributed by atoms with Gasteiger partial charge in [-0.1, -0.05) is 15.9 Å². The minimum absolute atomic E-state index is 0.0160. The third-order valence-electron chi connectivity index (χ3n) is 4.43. The molecule has 0 saturated heterocycles. The van der Waals surface area contributed by atoms with E-state index in [1.807, 2.05) is 12.1 Å². The standard InChI is InChI=1S/C21H13Br2N3O5/c1-11-6-14(26(28)29)2-4-16(11)18-5-3-15(30-18)10-24-25-21(27)19-8-12-7-13(22)9-17(23)20(12)31-19/h2-10H,1H3,(H,25,27)/b24-10+. The molecule has 0 radical (unpaired) electrons. The number of rotatable bonds is 5. The number of non-ortho nitro benzene ring substituents is 1. The molecule has 1 amide bonds. The molecule has 4 aromatic rings. The Balaban J connectivity index is 1.47. The number of nitro groups is 1. The van der Waals surface area contributed by atoms with Crippen molar-refractivity contribution < 1.29 is 18.6 Å². The lowest BCUT2D eigenvalue weighted by Crippen LogP contribution is -2.16. The third-order valence-corrected chi connectivity index (χ3v) is 5.48. The number of amides is 1. The van der Waals surface area contributed by atoms with Gasteiger partial charge in [0.15, 0.2) is 5.76 Å². The van der Waals surface area contributed by atoms with E-state index in [-0.39, 0.29) is 11.4 Å². The zero-order valence-electron chi connectivity index (χ0n) is 15.9. The minimum atomic E-state index is -0.506. The van der Waals surface area contributed by atoms with E-state index in [9.17, 15) is 14.9 Å². The number of fused-ring (bicyclic) bond motifs is 1. The summed E-state index contributed by atoms with van der Waals surface area (Å²) in [6.45, 7) is 1.77. The first kappa shape index (κ1) is 21.0. The molecule has 0 saturated carbocycles. The van der Waals surface area contributed by atoms with Crippen LogP contribution in [-0.4, -0.2) is 17.0 Å². The normalized spacial score (nSPS) is 11.3. The molecule has 8 nitrogen and oxygen atoms in total. The van der Waals surface area contributed by atoms with E-state index in [4.69, 9.17) is 8.83 Å². The van der Waals surface area contributed by atoms with E-state index >= 15 is 0 Å². The van der Waals surface area contributed by atoms with Gasteiger partial charge in [0.25, 0.3) is 5.69 Å². The van der Waals surface area contributed by atoms with Gasteiger partial charge in [0.05, 0.1) is 15.6 Å². The second kappa shape index (κ2) is 8.48. The number of aryl methyl sites for hydroxylation is 1. The van der Waals surface area contributed by atoms with Gasteiger partial charge in [0, 0.05) is 27.6 Å². The predicted molar refractivity (Wildman–Crippen MR) is 122 cm³/mol. The summed E-state index contributed by atoms with van der Waals surface area (Å²) >= 11 is 6.79. The highest BCUT2D eigenvalue weighted by Gasteiger charge is 2.15. The molecule has 2 aromatic heterocycles. The summed E-state index contributed by atoms with van der Waals surface area (Å²) in [5.41, 5.74) is 4.42. The minimum Gasteiger partial charge on any atom is -0.455 e. The van der Waals surface area contributed by atoms with Crippen molar-refractivity contribution in [1.29, 1.82) is 0 Å². The van der Waals surface area contributed by atoms with E-state index in [0.29, 0.717) is 22.7 Å². The van der Waals surface area contributed by atoms with Crippen LogP contribution in [0.2, 0.25) is 0 Å². The Labute approximate surface area is 192 Å². The molecular weight excluding hydrogens is 534 g/mol. The predicted octanol–water partition coefficient (Wildman–Crippen LogP) is 6.20. The Hall–Kier alpha value is -3.24. The second-order valence-corrected chi connectivity index (χ2v) is 8.34. The number of nitrogens with one attached hydrogen (secondary N) is 1. The van der Waals surface area contributed by atoms with Gasteiger partial charge in [-0.25, -0.2) is 5.43 Å². The van der Waals surface area contributed by atoms with Gasteiger partial charge in [-0.15, -0.1) is 0 Å². The lowest BCUT2D eigenvalue weighted by molar-refractivity contribution is -0.384. The van der Waals surface area contributed by atoms with Crippen molar-refractivity contribution in [1.82, 2.24) is 5.43 Å². The van der Waals surface area contributed by atoms with Crippen LogP contribution in [0.1, 0.15) is 21.9 Å². The molecule has 0 aliphatic rings. The molecule has 10 heteroatoms. The number of hydrazone groups is 1. The summed E-state index contributed by atoms with van der Waals surface area (Å²) in [6.07, 6.45) is 1.36. The van der Waals surface area contributed by atoms with Gasteiger partial charge in [0.2, 0.25) is 0 Å². The fourth-order valence-electron chi connectivity index (χ4n) is 3.00. The molecule has 2 heterocycles. The van der Waals surface area contributed by atoms with E-state index in [1.165, 1.54) is 18.3 Å². The Morgan fingerprint density at radius 1 is 1.13 bits per heavy atom. The first-order valence-corrected chi connectivity index (χ1v) is 10.5. The van der Waals surface area contributed by atoms with Crippen molar-refractivity contribution in [3.05, 3.63) is 84.7 Å². The monoisotopic (exact) mass is 545 g/mol. The smallest absolute Gasteiger partial charge is 0.307 e. The lowest BCUT2D eigenvalue weighted by Gasteiger charge is -2.02. The number of hydrogen-bond acceptors (Lipinski definition) is 6. The summed E-state index contributed by atoms with van der Waals surface area (Å²) in [5.74, 6) is 0.554. The van der Waals surface area contributed by atoms with E-state index < -0.39 is 10.8 Å². The maximum atomic E-state index is 12.3. The molecule has 0 fully saturated rings. The Morgan fingerprint density at radius 2 is 1.94 bits per heavy atom. The number of hydrogen-bond donors (Lipinski definition) is 1. The van der Waals surface area contributed by atoms with Crippen molar-refractivity contribution in [2.24, 2.45) is 5.10 Å². The van der Waals surface area contributed by atoms with E-state index in [1.54, 1.807) is 31.2 Å². The molecule has 1 N–H and O–H groups in total. The van der Waals surface area contributed by atoms with Crippen LogP contribution in [0.3, 0.4) is 0 Å². The summed E-state index contributed by atoms with van der Waals surface area (Å²) in [5, 5.41) is 15.6. The Bertz CT molecular complexity index is 1360. The first-order valence-electron chi connectivity index (χ1n) is 8.89. The van der Waals surface area contributed by atoms with Gasteiger partial charge < -0.3 is 8.83 Å². The fourth-order valence-corrected chi connectivity index (χ4v) is 4.34. The highest BCUT2D eigenvalue weighted by atomic mass is 79.9. The Kier molecular flexibility index (Phi) is 5.75. The van der Waals surface area contributed by atoms with Crippen molar-refractivity contribution in [2.45, 2.75) is 6.92 Å². The van der Waals surface area contributed by atoms with Crippen LogP contribution in [0.25, 0.3) is 22.3 Å². The quantitative estimate of drug-likeness (QED) is 0.182. The van der Waals surface area contributed by atoms with E-state index in [2.05, 4.69) is 42.4 Å². The van der Waals surface area contributed by atoms with Gasteiger partial charge in [-0.3, -0.25) is 14.9 Å². The number of nitro benzene ring substituents is 1. The van der Waals surface area contributed by atoms with Crippen LogP contribution in [0.5, 0.6) is 0 Å². The first-order chi connectivity index (χ1) is 14.8. The maximum absolute atomic E-state index is 12.3. The van der Waals surface area contributed by atoms with Gasteiger partial charge in [-0.05, 0) is 64.8 Å². The average molecular weight is 547 g/mol. The summed E-state index contributed by atoms with van der Waals surface area (Å²) < 4.78 is 12.9. The van der Waals surface area contributed by atoms with Crippen LogP contribution in [-0.2, 0) is 0 Å². The number of carbonyl (C=O) groups is 1. The van der Waals surface area contributed by atoms with Gasteiger partial charge in [-0.2, -0.15) is 5.10 Å². The molecule has 0 aliphatic carbocycles. The molecule has 0 aliphatic heterocycles. The average Bonchev–Trinajstić information content (AvgIpc) is 3.35. The summed E-state index contributed by atoms with van der Waals surface area (Å²) in [6, 6.07) is 13.2. The highest BCUT2D eigenvalue weighted by Crippen LogP contribution is 2.31. The highest BCUT2D eigenvalue weighted by molar-refractivity contribution is 9.11. The van der Waals surface area contributed by atoms with Crippen LogP contribution < -0.4 is 5.43 Å². The van der Waals surface area contributed by atoms with Crippen LogP contribution in [0.15, 0.2) is 71.4 Å². The van der Waals surface area contributed by atoms with Crippen molar-refractivity contribution in [3.63, 3.8) is 0 Å². The zero-order chi connectivity index (χ0) is 22.1. The van der Waals surface area contributed by atoms with Crippen molar-refractivity contribution >= 4 is 60.6 Å². The van der Waals surface area contributed by atoms with Gasteiger partial charge in [0.1, 0.15) is 17.1 Å². The molecule has 31 heavy (non-hydrogen) atoms. The maximum Gasteiger partial charge on any atom is 0.307 e. The molecule has 2 aromatic carbocycles. The summed E-state index contributed by atoms with van der Waals surface area (Å²) in [4.78, 5) is 22.8. The number of nitrogens with zero attached hydrogens (tertiary/aromatic N) is 2. The van der Waals surface area contributed by atoms with Crippen LogP contribution >= 0.6 is 31.9 Å². The van der Waals surface area contributed by atoms with E-state index in [0.717, 1.165) is 19.9 Å². The number of furan rings is 2. The largest absolute Gasteiger partial charge is 0.455 e. The molecule has 4 rings (SSSR count). The molecule has 0 spiro atoms. The molecule has 0 bridgehead atoms.